The van der Waals surface area contributed by atoms with Crippen LogP contribution in [0.4, 0.5) is 0 Å². The van der Waals surface area contributed by atoms with Crippen molar-refractivity contribution in [3.05, 3.63) is 10.1 Å². The summed E-state index contributed by atoms with van der Waals surface area (Å²) in [6, 6.07) is 0.422. The topological polar surface area (TPSA) is 100 Å². The van der Waals surface area contributed by atoms with Gasteiger partial charge < -0.3 is 10.4 Å². The summed E-state index contributed by atoms with van der Waals surface area (Å²) < 4.78 is 0. The highest BCUT2D eigenvalue weighted by molar-refractivity contribution is 6.17. The predicted octanol–water partition coefficient (Wildman–Crippen LogP) is 0.745. The first kappa shape index (κ1) is 14.1. The highest BCUT2D eigenvalue weighted by Crippen LogP contribution is 2.23. The van der Waals surface area contributed by atoms with Crippen molar-refractivity contribution in [1.82, 2.24) is 5.32 Å². The second-order valence-corrected chi connectivity index (χ2v) is 5.19. The van der Waals surface area contributed by atoms with Crippen molar-refractivity contribution in [2.45, 2.75) is 56.5 Å². The molecule has 0 bridgehead atoms. The van der Waals surface area contributed by atoms with Crippen LogP contribution in [0.25, 0.3) is 0 Å². The lowest BCUT2D eigenvalue weighted by Gasteiger charge is -2.25. The molecular formula is C12H20N4O3. The van der Waals surface area contributed by atoms with E-state index in [-0.39, 0.29) is 6.42 Å². The van der Waals surface area contributed by atoms with Crippen molar-refractivity contribution < 1.29 is 10.0 Å². The third-order valence-corrected chi connectivity index (χ3v) is 3.68. The van der Waals surface area contributed by atoms with Gasteiger partial charge in [0.15, 0.2) is 0 Å². The van der Waals surface area contributed by atoms with Gasteiger partial charge in [0, 0.05) is 25.0 Å². The summed E-state index contributed by atoms with van der Waals surface area (Å²) in [5, 5.41) is 24.2. The maximum absolute atomic E-state index is 11.0. The molecule has 1 aliphatic carbocycles. The van der Waals surface area contributed by atoms with E-state index in [2.05, 4.69) is 15.3 Å². The molecule has 0 spiro atoms. The molecule has 0 amide bonds. The summed E-state index contributed by atoms with van der Waals surface area (Å²) in [5.41, 5.74) is 0. The minimum absolute atomic E-state index is 0.0906. The molecule has 0 aromatic heterocycles. The van der Waals surface area contributed by atoms with Gasteiger partial charge in [-0.15, -0.1) is 0 Å². The fourth-order valence-corrected chi connectivity index (χ4v) is 2.61. The zero-order valence-electron chi connectivity index (χ0n) is 10.9. The van der Waals surface area contributed by atoms with Crippen LogP contribution >= 0.6 is 0 Å². The highest BCUT2D eigenvalue weighted by atomic mass is 16.6. The number of aliphatic hydroxyl groups excluding tert-OH is 1. The smallest absolute Gasteiger partial charge is 0.391 e. The van der Waals surface area contributed by atoms with Crippen molar-refractivity contribution >= 4 is 12.4 Å². The number of hydrogen-bond donors (Lipinski definition) is 2. The van der Waals surface area contributed by atoms with E-state index in [9.17, 15) is 15.2 Å². The number of nitrogens with zero attached hydrogens (tertiary/aromatic N) is 3. The number of aliphatic imine (C=N–C) groups is 2. The fraction of sp³-hybridized carbons (Fsp3) is 0.833. The Morgan fingerprint density at radius 2 is 2.00 bits per heavy atom. The van der Waals surface area contributed by atoms with E-state index in [4.69, 9.17) is 0 Å². The van der Waals surface area contributed by atoms with Crippen molar-refractivity contribution in [3.8, 4) is 0 Å². The van der Waals surface area contributed by atoms with Crippen molar-refractivity contribution in [1.29, 1.82) is 0 Å². The quantitative estimate of drug-likeness (QED) is 0.548. The Bertz CT molecular complexity index is 365. The van der Waals surface area contributed by atoms with Gasteiger partial charge >= 0.3 is 5.79 Å². The predicted molar refractivity (Wildman–Crippen MR) is 72.2 cm³/mol. The van der Waals surface area contributed by atoms with E-state index in [1.165, 1.54) is 31.7 Å². The monoisotopic (exact) mass is 268 g/mol. The molecule has 1 heterocycles. The Morgan fingerprint density at radius 3 is 2.58 bits per heavy atom. The molecule has 1 atom stereocenters. The van der Waals surface area contributed by atoms with Crippen LogP contribution in [-0.4, -0.2) is 46.9 Å². The van der Waals surface area contributed by atoms with Crippen molar-refractivity contribution in [2.75, 3.05) is 6.54 Å². The maximum atomic E-state index is 11.0. The second-order valence-electron chi connectivity index (χ2n) is 5.19. The Balaban J connectivity index is 1.80. The molecule has 19 heavy (non-hydrogen) atoms. The number of hydrogen-bond acceptors (Lipinski definition) is 6. The van der Waals surface area contributed by atoms with Crippen LogP contribution in [0, 0.1) is 10.1 Å². The zero-order valence-corrected chi connectivity index (χ0v) is 10.9. The molecule has 1 unspecified atom stereocenters. The van der Waals surface area contributed by atoms with Crippen LogP contribution in [0.5, 0.6) is 0 Å². The van der Waals surface area contributed by atoms with Crippen molar-refractivity contribution in [2.24, 2.45) is 9.98 Å². The average Bonchev–Trinajstić information content (AvgIpc) is 2.87. The van der Waals surface area contributed by atoms with Gasteiger partial charge in [-0.25, -0.2) is 0 Å². The SMILES string of the molecule is O=[N+]([O-])C1(CC(O)CNC2CCCCC2)N=CC=N1. The zero-order chi connectivity index (χ0) is 13.7. The van der Waals surface area contributed by atoms with Crippen LogP contribution in [0.3, 0.4) is 0 Å². The summed E-state index contributed by atoms with van der Waals surface area (Å²) >= 11 is 0. The van der Waals surface area contributed by atoms with E-state index >= 15 is 0 Å². The normalized spacial score (nSPS) is 23.6. The van der Waals surface area contributed by atoms with E-state index in [0.29, 0.717) is 12.6 Å². The number of nitrogens with one attached hydrogen (secondary N) is 1. The minimum atomic E-state index is -1.71. The fourth-order valence-electron chi connectivity index (χ4n) is 2.61. The first-order valence-corrected chi connectivity index (χ1v) is 6.77. The average molecular weight is 268 g/mol. The molecule has 7 nitrogen and oxygen atoms in total. The van der Waals surface area contributed by atoms with Gasteiger partial charge in [0.05, 0.1) is 17.4 Å². The van der Waals surface area contributed by atoms with Crippen LogP contribution in [0.1, 0.15) is 38.5 Å². The number of rotatable bonds is 6. The van der Waals surface area contributed by atoms with Crippen LogP contribution < -0.4 is 5.32 Å². The highest BCUT2D eigenvalue weighted by Gasteiger charge is 2.45. The molecule has 0 aromatic carbocycles. The van der Waals surface area contributed by atoms with Crippen LogP contribution in [0.2, 0.25) is 0 Å². The lowest BCUT2D eigenvalue weighted by Crippen LogP contribution is -2.42. The standard InChI is InChI=1S/C12H20N4O3/c17-11(9-13-10-4-2-1-3-5-10)8-12(16(18)19)14-6-7-15-12/h6-7,10-11,13,17H,1-5,8-9H2. The number of nitro groups is 1. The van der Waals surface area contributed by atoms with Gasteiger partial charge in [0.1, 0.15) is 0 Å². The largest absolute Gasteiger partial charge is 0.414 e. The third kappa shape index (κ3) is 3.57. The summed E-state index contributed by atoms with van der Waals surface area (Å²) in [6.45, 7) is 0.352. The van der Waals surface area contributed by atoms with E-state index < -0.39 is 16.8 Å². The lowest BCUT2D eigenvalue weighted by molar-refractivity contribution is -0.568. The van der Waals surface area contributed by atoms with Gasteiger partial charge in [-0.1, -0.05) is 19.3 Å². The van der Waals surface area contributed by atoms with Gasteiger partial charge in [-0.05, 0) is 12.8 Å². The molecule has 1 fully saturated rings. The molecule has 0 saturated heterocycles. The minimum Gasteiger partial charge on any atom is -0.391 e. The summed E-state index contributed by atoms with van der Waals surface area (Å²) in [4.78, 5) is 18.0. The second kappa shape index (κ2) is 6.21. The van der Waals surface area contributed by atoms with E-state index in [1.54, 1.807) is 0 Å². The van der Waals surface area contributed by atoms with E-state index in [1.807, 2.05) is 0 Å². The molecule has 7 heteroatoms. The lowest BCUT2D eigenvalue weighted by atomic mass is 9.95. The van der Waals surface area contributed by atoms with Gasteiger partial charge in [-0.2, -0.15) is 9.98 Å². The maximum Gasteiger partial charge on any atom is 0.414 e. The molecule has 106 valence electrons. The number of aliphatic hydroxyl groups is 1. The van der Waals surface area contributed by atoms with Crippen molar-refractivity contribution in [3.63, 3.8) is 0 Å². The van der Waals surface area contributed by atoms with E-state index in [0.717, 1.165) is 12.8 Å². The summed E-state index contributed by atoms with van der Waals surface area (Å²) in [7, 11) is 0. The molecule has 2 rings (SSSR count). The molecule has 1 aliphatic heterocycles. The Morgan fingerprint density at radius 1 is 1.37 bits per heavy atom. The van der Waals surface area contributed by atoms with Gasteiger partial charge in [0.2, 0.25) is 0 Å². The Labute approximate surface area is 112 Å². The summed E-state index contributed by atoms with van der Waals surface area (Å²) in [5.74, 6) is -1.71. The third-order valence-electron chi connectivity index (χ3n) is 3.68. The van der Waals surface area contributed by atoms with Gasteiger partial charge in [0.25, 0.3) is 0 Å². The molecule has 0 aromatic rings. The first-order valence-electron chi connectivity index (χ1n) is 6.77. The first-order chi connectivity index (χ1) is 9.12. The van der Waals surface area contributed by atoms with Crippen LogP contribution in [0.15, 0.2) is 9.98 Å². The molecule has 1 saturated carbocycles. The Kier molecular flexibility index (Phi) is 4.60. The molecule has 2 aliphatic rings. The molecule has 0 radical (unpaired) electrons. The molecule has 2 N–H and O–H groups in total. The summed E-state index contributed by atoms with van der Waals surface area (Å²) in [6.07, 6.45) is 7.63. The van der Waals surface area contributed by atoms with Gasteiger partial charge in [-0.3, -0.25) is 10.1 Å². The molecular weight excluding hydrogens is 248 g/mol. The van der Waals surface area contributed by atoms with Crippen LogP contribution in [-0.2, 0) is 0 Å². The Hall–Kier alpha value is -1.34.